The molecule has 0 spiro atoms. The number of nitrogens with one attached hydrogen (secondary N) is 1. The Kier molecular flexibility index (Phi) is 4.10. The van der Waals surface area contributed by atoms with E-state index in [4.69, 9.17) is 0 Å². The second-order valence-corrected chi connectivity index (χ2v) is 4.48. The molecule has 1 fully saturated rings. The van der Waals surface area contributed by atoms with Gasteiger partial charge in [0, 0.05) is 6.54 Å². The second-order valence-electron chi connectivity index (χ2n) is 4.48. The average molecular weight is 224 g/mol. The summed E-state index contributed by atoms with van der Waals surface area (Å²) in [5.41, 5.74) is 0. The average Bonchev–Trinajstić information content (AvgIpc) is 2.20. The molecule has 1 N–H and O–H groups in total. The topological polar surface area (TPSA) is 49.4 Å². The molecule has 90 valence electrons. The zero-order valence-corrected chi connectivity index (χ0v) is 10.4. The fourth-order valence-corrected chi connectivity index (χ4v) is 1.97. The van der Waals surface area contributed by atoms with Crippen molar-refractivity contribution in [2.45, 2.75) is 39.8 Å². The van der Waals surface area contributed by atoms with Crippen LogP contribution in [0.2, 0.25) is 0 Å². The molecule has 1 heterocycles. The molecule has 0 saturated carbocycles. The van der Waals surface area contributed by atoms with Crippen LogP contribution in [0.4, 0.5) is 0 Å². The third-order valence-corrected chi connectivity index (χ3v) is 2.79. The lowest BCUT2D eigenvalue weighted by molar-refractivity contribution is -0.149. The first-order valence-electron chi connectivity index (χ1n) is 5.71. The third-order valence-electron chi connectivity index (χ3n) is 2.79. The molecule has 4 nitrogen and oxygen atoms in total. The van der Waals surface area contributed by atoms with Gasteiger partial charge in [0.2, 0.25) is 11.8 Å². The maximum absolute atomic E-state index is 12.0. The fraction of sp³-hybridized carbons (Fsp3) is 0.667. The Bertz CT molecular complexity index is 310. The number of hydrogen-bond donors (Lipinski definition) is 1. The highest BCUT2D eigenvalue weighted by molar-refractivity contribution is 5.96. The van der Waals surface area contributed by atoms with Gasteiger partial charge in [0.05, 0.1) is 0 Å². The second kappa shape index (κ2) is 5.14. The standard InChI is InChI=1S/C12H20N2O2/c1-5-6-7-14-10(8(2)3)11(15)13-9(4)12(14)16/h5-6,8-10H,7H2,1-4H3,(H,13,15)/b6-5+. The first kappa shape index (κ1) is 12.7. The Balaban J connectivity index is 2.92. The predicted molar refractivity (Wildman–Crippen MR) is 62.8 cm³/mol. The van der Waals surface area contributed by atoms with Crippen LogP contribution in [0.5, 0.6) is 0 Å². The minimum absolute atomic E-state index is 0.00333. The number of carbonyl (C=O) groups is 2. The van der Waals surface area contributed by atoms with Crippen LogP contribution in [-0.2, 0) is 9.59 Å². The van der Waals surface area contributed by atoms with Crippen molar-refractivity contribution in [3.8, 4) is 0 Å². The van der Waals surface area contributed by atoms with Crippen LogP contribution >= 0.6 is 0 Å². The highest BCUT2D eigenvalue weighted by Crippen LogP contribution is 2.17. The summed E-state index contributed by atoms with van der Waals surface area (Å²) in [5, 5.41) is 2.71. The predicted octanol–water partition coefficient (Wildman–Crippen LogP) is 0.934. The first-order chi connectivity index (χ1) is 7.49. The van der Waals surface area contributed by atoms with Crippen molar-refractivity contribution in [2.75, 3.05) is 6.54 Å². The van der Waals surface area contributed by atoms with Crippen LogP contribution in [0.3, 0.4) is 0 Å². The van der Waals surface area contributed by atoms with Crippen molar-refractivity contribution in [1.82, 2.24) is 10.2 Å². The van der Waals surface area contributed by atoms with Crippen molar-refractivity contribution in [1.29, 1.82) is 0 Å². The van der Waals surface area contributed by atoms with Gasteiger partial charge in [-0.25, -0.2) is 0 Å². The lowest BCUT2D eigenvalue weighted by atomic mass is 9.97. The normalized spacial score (nSPS) is 26.7. The number of piperazine rings is 1. The van der Waals surface area contributed by atoms with E-state index in [-0.39, 0.29) is 23.8 Å². The number of carbonyl (C=O) groups excluding carboxylic acids is 2. The van der Waals surface area contributed by atoms with Gasteiger partial charge in [-0.05, 0) is 19.8 Å². The molecule has 0 aromatic rings. The Labute approximate surface area is 96.7 Å². The molecular weight excluding hydrogens is 204 g/mol. The Hall–Kier alpha value is -1.32. The number of allylic oxidation sites excluding steroid dienone is 1. The van der Waals surface area contributed by atoms with Gasteiger partial charge < -0.3 is 10.2 Å². The van der Waals surface area contributed by atoms with Gasteiger partial charge in [-0.15, -0.1) is 0 Å². The quantitative estimate of drug-likeness (QED) is 0.725. The Morgan fingerprint density at radius 1 is 1.44 bits per heavy atom. The minimum atomic E-state index is -0.409. The highest BCUT2D eigenvalue weighted by atomic mass is 16.2. The molecule has 1 aliphatic heterocycles. The van der Waals surface area contributed by atoms with E-state index >= 15 is 0 Å². The van der Waals surface area contributed by atoms with E-state index in [9.17, 15) is 9.59 Å². The number of nitrogens with zero attached hydrogens (tertiary/aromatic N) is 1. The molecule has 4 heteroatoms. The van der Waals surface area contributed by atoms with Gasteiger partial charge >= 0.3 is 0 Å². The molecule has 0 radical (unpaired) electrons. The molecule has 2 unspecified atom stereocenters. The van der Waals surface area contributed by atoms with Gasteiger partial charge in [0.15, 0.2) is 0 Å². The molecule has 1 rings (SSSR count). The maximum Gasteiger partial charge on any atom is 0.245 e. The molecule has 0 aromatic carbocycles. The fourth-order valence-electron chi connectivity index (χ4n) is 1.97. The van der Waals surface area contributed by atoms with E-state index in [1.54, 1.807) is 11.8 Å². The third kappa shape index (κ3) is 2.43. The van der Waals surface area contributed by atoms with Crippen molar-refractivity contribution >= 4 is 11.8 Å². The van der Waals surface area contributed by atoms with E-state index in [0.717, 1.165) is 0 Å². The molecule has 1 saturated heterocycles. The summed E-state index contributed by atoms with van der Waals surface area (Å²) < 4.78 is 0. The van der Waals surface area contributed by atoms with Crippen LogP contribution in [0.25, 0.3) is 0 Å². The Morgan fingerprint density at radius 3 is 2.56 bits per heavy atom. The van der Waals surface area contributed by atoms with Crippen molar-refractivity contribution in [2.24, 2.45) is 5.92 Å². The number of amides is 2. The summed E-state index contributed by atoms with van der Waals surface area (Å²) in [6.07, 6.45) is 3.79. The molecule has 0 aliphatic carbocycles. The van der Waals surface area contributed by atoms with E-state index in [1.165, 1.54) is 0 Å². The van der Waals surface area contributed by atoms with Gasteiger partial charge in [0.25, 0.3) is 0 Å². The first-order valence-corrected chi connectivity index (χ1v) is 5.71. The summed E-state index contributed by atoms with van der Waals surface area (Å²) in [5.74, 6) is 0.0738. The molecule has 0 aromatic heterocycles. The molecule has 1 aliphatic rings. The number of hydrogen-bond acceptors (Lipinski definition) is 2. The summed E-state index contributed by atoms with van der Waals surface area (Å²) in [6, 6.07) is -0.757. The smallest absolute Gasteiger partial charge is 0.245 e. The molecule has 0 bridgehead atoms. The summed E-state index contributed by atoms with van der Waals surface area (Å²) in [7, 11) is 0. The highest BCUT2D eigenvalue weighted by Gasteiger charge is 2.39. The molecule has 2 atom stereocenters. The monoisotopic (exact) mass is 224 g/mol. The zero-order chi connectivity index (χ0) is 12.3. The van der Waals surface area contributed by atoms with Crippen LogP contribution < -0.4 is 5.32 Å². The molecular formula is C12H20N2O2. The lowest BCUT2D eigenvalue weighted by Gasteiger charge is -2.39. The summed E-state index contributed by atoms with van der Waals surface area (Å²) in [4.78, 5) is 25.5. The molecule has 16 heavy (non-hydrogen) atoms. The van der Waals surface area contributed by atoms with Gasteiger partial charge in [-0.2, -0.15) is 0 Å². The van der Waals surface area contributed by atoms with Gasteiger partial charge in [-0.1, -0.05) is 26.0 Å². The summed E-state index contributed by atoms with van der Waals surface area (Å²) >= 11 is 0. The van der Waals surface area contributed by atoms with Gasteiger partial charge in [0.1, 0.15) is 12.1 Å². The lowest BCUT2D eigenvalue weighted by Crippen LogP contribution is -2.63. The van der Waals surface area contributed by atoms with Crippen molar-refractivity contribution in [3.63, 3.8) is 0 Å². The number of rotatable bonds is 3. The van der Waals surface area contributed by atoms with E-state index in [2.05, 4.69) is 5.32 Å². The largest absolute Gasteiger partial charge is 0.343 e. The van der Waals surface area contributed by atoms with Crippen molar-refractivity contribution < 1.29 is 9.59 Å². The maximum atomic E-state index is 12.0. The van der Waals surface area contributed by atoms with Gasteiger partial charge in [-0.3, -0.25) is 9.59 Å². The van der Waals surface area contributed by atoms with E-state index < -0.39 is 6.04 Å². The molecule has 2 amide bonds. The SMILES string of the molecule is C/C=C/CN1C(=O)C(C)NC(=O)C1C(C)C. The van der Waals surface area contributed by atoms with E-state index in [1.807, 2.05) is 32.9 Å². The summed E-state index contributed by atoms with van der Waals surface area (Å²) in [6.45, 7) is 8.05. The van der Waals surface area contributed by atoms with Crippen LogP contribution in [0.15, 0.2) is 12.2 Å². The van der Waals surface area contributed by atoms with Crippen molar-refractivity contribution in [3.05, 3.63) is 12.2 Å². The Morgan fingerprint density at radius 2 is 2.06 bits per heavy atom. The van der Waals surface area contributed by atoms with E-state index in [0.29, 0.717) is 6.54 Å². The van der Waals surface area contributed by atoms with Crippen LogP contribution in [-0.4, -0.2) is 35.3 Å². The van der Waals surface area contributed by atoms with Crippen LogP contribution in [0, 0.1) is 5.92 Å². The minimum Gasteiger partial charge on any atom is -0.343 e. The zero-order valence-electron chi connectivity index (χ0n) is 10.4. The van der Waals surface area contributed by atoms with Crippen LogP contribution in [0.1, 0.15) is 27.7 Å².